The Hall–Kier alpha value is -3.99. The molecular formula is C24H18ClFN6O2S. The number of thiophene rings is 1. The molecule has 8 nitrogen and oxygen atoms in total. The van der Waals surface area contributed by atoms with Gasteiger partial charge in [-0.2, -0.15) is 4.39 Å². The van der Waals surface area contributed by atoms with Crippen molar-refractivity contribution >= 4 is 34.5 Å². The van der Waals surface area contributed by atoms with Gasteiger partial charge >= 0.3 is 0 Å². The highest BCUT2D eigenvalue weighted by molar-refractivity contribution is 7.18. The van der Waals surface area contributed by atoms with Crippen molar-refractivity contribution in [1.29, 1.82) is 0 Å². The zero-order valence-corrected chi connectivity index (χ0v) is 19.6. The van der Waals surface area contributed by atoms with Crippen molar-refractivity contribution in [2.45, 2.75) is 0 Å². The van der Waals surface area contributed by atoms with E-state index in [1.54, 1.807) is 59.9 Å². The molecule has 5 rings (SSSR count). The predicted molar refractivity (Wildman–Crippen MR) is 134 cm³/mol. The summed E-state index contributed by atoms with van der Waals surface area (Å²) in [7, 11) is 0. The summed E-state index contributed by atoms with van der Waals surface area (Å²) in [6.07, 6.45) is 4.84. The van der Waals surface area contributed by atoms with Gasteiger partial charge in [-0.15, -0.1) is 16.9 Å². The number of anilines is 1. The summed E-state index contributed by atoms with van der Waals surface area (Å²) in [5.41, 5.74) is 9.16. The Labute approximate surface area is 208 Å². The fourth-order valence-electron chi connectivity index (χ4n) is 3.60. The summed E-state index contributed by atoms with van der Waals surface area (Å²) in [6.45, 7) is 0.245. The number of aromatic nitrogens is 2. The van der Waals surface area contributed by atoms with Gasteiger partial charge in [0, 0.05) is 42.0 Å². The number of carbonyl (C=O) groups excluding carboxylic acids is 1. The zero-order valence-electron chi connectivity index (χ0n) is 18.0. The molecule has 4 heterocycles. The minimum atomic E-state index is -0.615. The van der Waals surface area contributed by atoms with Gasteiger partial charge in [-0.25, -0.2) is 4.98 Å². The van der Waals surface area contributed by atoms with E-state index < -0.39 is 5.95 Å². The van der Waals surface area contributed by atoms with Crippen molar-refractivity contribution in [2.75, 3.05) is 11.6 Å². The SMILES string of the molecule is O=C(NCC1=CN(c2ccc(-n3ccccc3=O)cc2-c2ccnc(F)c2)NN1)c1ccc(Cl)s1. The highest BCUT2D eigenvalue weighted by Crippen LogP contribution is 2.33. The van der Waals surface area contributed by atoms with Gasteiger partial charge in [-0.1, -0.05) is 17.7 Å². The molecule has 0 bridgehead atoms. The van der Waals surface area contributed by atoms with E-state index in [-0.39, 0.29) is 18.0 Å². The van der Waals surface area contributed by atoms with E-state index in [0.717, 1.165) is 0 Å². The molecule has 35 heavy (non-hydrogen) atoms. The molecule has 3 aromatic heterocycles. The van der Waals surface area contributed by atoms with Crippen LogP contribution in [0.2, 0.25) is 4.34 Å². The van der Waals surface area contributed by atoms with Gasteiger partial charge in [-0.3, -0.25) is 19.2 Å². The average Bonchev–Trinajstić information content (AvgIpc) is 3.52. The number of hydrogen-bond acceptors (Lipinski definition) is 7. The number of rotatable bonds is 6. The summed E-state index contributed by atoms with van der Waals surface area (Å²) < 4.78 is 16.0. The van der Waals surface area contributed by atoms with Crippen LogP contribution in [-0.4, -0.2) is 22.0 Å². The molecule has 0 atom stereocenters. The van der Waals surface area contributed by atoms with Gasteiger partial charge in [0.05, 0.1) is 27.1 Å². The number of nitrogens with zero attached hydrogens (tertiary/aromatic N) is 3. The van der Waals surface area contributed by atoms with Crippen LogP contribution >= 0.6 is 22.9 Å². The number of pyridine rings is 2. The maximum atomic E-state index is 14.0. The van der Waals surface area contributed by atoms with Crippen LogP contribution in [-0.2, 0) is 0 Å². The predicted octanol–water partition coefficient (Wildman–Crippen LogP) is 3.85. The number of carbonyl (C=O) groups is 1. The monoisotopic (exact) mass is 508 g/mol. The lowest BCUT2D eigenvalue weighted by Crippen LogP contribution is -2.38. The first-order chi connectivity index (χ1) is 17.0. The third kappa shape index (κ3) is 4.94. The van der Waals surface area contributed by atoms with E-state index in [9.17, 15) is 14.0 Å². The Bertz CT molecular complexity index is 1500. The maximum Gasteiger partial charge on any atom is 0.261 e. The summed E-state index contributed by atoms with van der Waals surface area (Å²) in [5, 5.41) is 4.55. The summed E-state index contributed by atoms with van der Waals surface area (Å²) in [4.78, 5) is 28.8. The number of hydrogen-bond donors (Lipinski definition) is 3. The van der Waals surface area contributed by atoms with E-state index in [0.29, 0.717) is 37.4 Å². The summed E-state index contributed by atoms with van der Waals surface area (Å²) >= 11 is 7.11. The summed E-state index contributed by atoms with van der Waals surface area (Å²) in [5.74, 6) is -0.843. The minimum Gasteiger partial charge on any atom is -0.346 e. The molecule has 0 unspecified atom stereocenters. The van der Waals surface area contributed by atoms with Crippen LogP contribution in [0.3, 0.4) is 0 Å². The first-order valence-electron chi connectivity index (χ1n) is 10.5. The molecule has 1 aliphatic rings. The fourth-order valence-corrected chi connectivity index (χ4v) is 4.56. The van der Waals surface area contributed by atoms with Crippen molar-refractivity contribution in [1.82, 2.24) is 25.8 Å². The second kappa shape index (κ2) is 9.71. The quantitative estimate of drug-likeness (QED) is 0.343. The second-order valence-electron chi connectivity index (χ2n) is 7.53. The number of hydrazine groups is 2. The fraction of sp³-hybridized carbons (Fsp3) is 0.0417. The van der Waals surface area contributed by atoms with Gasteiger partial charge in [0.15, 0.2) is 0 Å². The van der Waals surface area contributed by atoms with Crippen LogP contribution in [0.1, 0.15) is 9.67 Å². The Morgan fingerprint density at radius 1 is 1.14 bits per heavy atom. The highest BCUT2D eigenvalue weighted by Gasteiger charge is 2.19. The lowest BCUT2D eigenvalue weighted by atomic mass is 10.0. The minimum absolute atomic E-state index is 0.182. The van der Waals surface area contributed by atoms with Crippen LogP contribution < -0.4 is 26.8 Å². The largest absolute Gasteiger partial charge is 0.346 e. The molecule has 4 aromatic rings. The van der Waals surface area contributed by atoms with Crippen molar-refractivity contribution in [2.24, 2.45) is 0 Å². The van der Waals surface area contributed by atoms with Crippen LogP contribution in [0, 0.1) is 5.95 Å². The zero-order chi connectivity index (χ0) is 24.4. The first kappa shape index (κ1) is 22.8. The molecule has 0 saturated heterocycles. The molecule has 3 N–H and O–H groups in total. The molecule has 0 radical (unpaired) electrons. The highest BCUT2D eigenvalue weighted by atomic mass is 35.5. The Morgan fingerprint density at radius 3 is 2.80 bits per heavy atom. The average molecular weight is 509 g/mol. The van der Waals surface area contributed by atoms with Gasteiger partial charge in [0.2, 0.25) is 5.95 Å². The van der Waals surface area contributed by atoms with Gasteiger partial charge in [0.25, 0.3) is 11.5 Å². The molecule has 0 spiro atoms. The standard InChI is InChI=1S/C24H18ClFN6O2S/c25-21-7-6-20(35-21)24(34)28-13-16-14-32(30-29-16)19-5-4-17(31-10-2-1-3-23(31)33)12-18(19)15-8-9-27-22(26)11-15/h1-12,14,29-30H,13H2,(H,28,34). The third-order valence-corrected chi connectivity index (χ3v) is 6.47. The number of benzene rings is 1. The maximum absolute atomic E-state index is 14.0. The molecular weight excluding hydrogens is 491 g/mol. The number of nitrogens with one attached hydrogen (secondary N) is 3. The van der Waals surface area contributed by atoms with E-state index in [2.05, 4.69) is 21.3 Å². The molecule has 0 fully saturated rings. The molecule has 176 valence electrons. The lowest BCUT2D eigenvalue weighted by molar-refractivity contribution is 0.0960. The molecule has 11 heteroatoms. The Kier molecular flexibility index (Phi) is 6.32. The molecule has 0 aliphatic carbocycles. The van der Waals surface area contributed by atoms with E-state index in [4.69, 9.17) is 11.6 Å². The van der Waals surface area contributed by atoms with E-state index >= 15 is 0 Å². The molecule has 1 amide bonds. The van der Waals surface area contributed by atoms with Crippen LogP contribution in [0.15, 0.2) is 89.7 Å². The number of halogens is 2. The first-order valence-corrected chi connectivity index (χ1v) is 11.7. The van der Waals surface area contributed by atoms with Crippen LogP contribution in [0.4, 0.5) is 10.1 Å². The van der Waals surface area contributed by atoms with Crippen molar-refractivity contribution in [3.63, 3.8) is 0 Å². The second-order valence-corrected chi connectivity index (χ2v) is 9.24. The van der Waals surface area contributed by atoms with Gasteiger partial charge in [-0.05, 0) is 48.0 Å². The van der Waals surface area contributed by atoms with Crippen molar-refractivity contribution in [3.8, 4) is 16.8 Å². The van der Waals surface area contributed by atoms with Gasteiger partial charge in [0.1, 0.15) is 0 Å². The normalized spacial score (nSPS) is 12.9. The topological polar surface area (TPSA) is 91.3 Å². The molecule has 1 aliphatic heterocycles. The molecule has 0 saturated carbocycles. The van der Waals surface area contributed by atoms with Crippen LogP contribution in [0.25, 0.3) is 16.8 Å². The van der Waals surface area contributed by atoms with Crippen molar-refractivity contribution in [3.05, 3.63) is 110 Å². The Balaban J connectivity index is 1.45. The lowest BCUT2D eigenvalue weighted by Gasteiger charge is -2.20. The van der Waals surface area contributed by atoms with E-state index in [1.807, 2.05) is 6.07 Å². The van der Waals surface area contributed by atoms with Gasteiger partial charge < -0.3 is 10.7 Å². The third-order valence-electron chi connectivity index (χ3n) is 5.24. The molecule has 1 aromatic carbocycles. The van der Waals surface area contributed by atoms with Crippen molar-refractivity contribution < 1.29 is 9.18 Å². The smallest absolute Gasteiger partial charge is 0.261 e. The van der Waals surface area contributed by atoms with Crippen LogP contribution in [0.5, 0.6) is 0 Å². The number of amides is 1. The Morgan fingerprint density at radius 2 is 2.03 bits per heavy atom. The summed E-state index contributed by atoms with van der Waals surface area (Å²) in [6, 6.07) is 16.7. The van der Waals surface area contributed by atoms with E-state index in [1.165, 1.54) is 34.2 Å².